The van der Waals surface area contributed by atoms with Crippen molar-refractivity contribution in [3.63, 3.8) is 0 Å². The Morgan fingerprint density at radius 2 is 2.05 bits per heavy atom. The third-order valence-corrected chi connectivity index (χ3v) is 3.34. The maximum absolute atomic E-state index is 11.6. The second-order valence-corrected chi connectivity index (χ2v) is 5.08. The first kappa shape index (κ1) is 13.5. The first-order valence-corrected chi connectivity index (χ1v) is 6.37. The molecule has 0 spiro atoms. The first-order chi connectivity index (χ1) is 8.98. The van der Waals surface area contributed by atoms with Crippen molar-refractivity contribution in [1.29, 1.82) is 0 Å². The fraction of sp³-hybridized carbons (Fsp3) is 0.429. The topological polar surface area (TPSA) is 78.4 Å². The molecule has 19 heavy (non-hydrogen) atoms. The monoisotopic (exact) mass is 262 g/mol. The van der Waals surface area contributed by atoms with Crippen LogP contribution in [-0.2, 0) is 9.59 Å². The molecular weight excluding hydrogens is 244 g/mol. The number of amides is 2. The number of benzene rings is 1. The van der Waals surface area contributed by atoms with E-state index in [0.717, 1.165) is 12.0 Å². The van der Waals surface area contributed by atoms with Crippen LogP contribution in [0.3, 0.4) is 0 Å². The highest BCUT2D eigenvalue weighted by atomic mass is 16.3. The summed E-state index contributed by atoms with van der Waals surface area (Å²) in [5.74, 6) is -1.43. The predicted molar refractivity (Wildman–Crippen MR) is 71.6 cm³/mol. The Bertz CT molecular complexity index is 495. The van der Waals surface area contributed by atoms with E-state index in [9.17, 15) is 14.7 Å². The molecule has 0 radical (unpaired) electrons. The van der Waals surface area contributed by atoms with Gasteiger partial charge >= 0.3 is 11.8 Å². The van der Waals surface area contributed by atoms with Crippen molar-refractivity contribution in [2.75, 3.05) is 11.9 Å². The minimum absolute atomic E-state index is 0.132. The molecule has 0 heterocycles. The maximum Gasteiger partial charge on any atom is 0.313 e. The van der Waals surface area contributed by atoms with E-state index in [0.29, 0.717) is 18.5 Å². The average Bonchev–Trinajstić information content (AvgIpc) is 2.33. The fourth-order valence-electron chi connectivity index (χ4n) is 2.00. The van der Waals surface area contributed by atoms with Crippen LogP contribution in [0.2, 0.25) is 0 Å². The maximum atomic E-state index is 11.6. The number of rotatable bonds is 3. The van der Waals surface area contributed by atoms with Gasteiger partial charge in [-0.15, -0.1) is 0 Å². The molecule has 1 aromatic rings. The summed E-state index contributed by atoms with van der Waals surface area (Å²) in [6.07, 6.45) is 2.31. The second-order valence-electron chi connectivity index (χ2n) is 5.08. The van der Waals surface area contributed by atoms with Gasteiger partial charge < -0.3 is 15.7 Å². The Labute approximate surface area is 112 Å². The lowest BCUT2D eigenvalue weighted by Crippen LogP contribution is -2.49. The molecule has 102 valence electrons. The van der Waals surface area contributed by atoms with Crippen LogP contribution >= 0.6 is 0 Å². The summed E-state index contributed by atoms with van der Waals surface area (Å²) in [6, 6.07) is 7.21. The van der Waals surface area contributed by atoms with E-state index >= 15 is 0 Å². The highest BCUT2D eigenvalue weighted by Gasteiger charge is 2.35. The van der Waals surface area contributed by atoms with Crippen LogP contribution in [-0.4, -0.2) is 29.1 Å². The Morgan fingerprint density at radius 1 is 1.32 bits per heavy atom. The van der Waals surface area contributed by atoms with Crippen molar-refractivity contribution in [3.05, 3.63) is 29.8 Å². The van der Waals surface area contributed by atoms with Crippen LogP contribution in [0.4, 0.5) is 5.69 Å². The minimum Gasteiger partial charge on any atom is -0.388 e. The van der Waals surface area contributed by atoms with Gasteiger partial charge in [-0.1, -0.05) is 12.1 Å². The molecule has 0 unspecified atom stereocenters. The SMILES string of the molecule is Cc1cccc(NC(=O)C(=O)NCC2(O)CCC2)c1. The van der Waals surface area contributed by atoms with Crippen LogP contribution in [0.15, 0.2) is 24.3 Å². The van der Waals surface area contributed by atoms with Gasteiger partial charge in [0.15, 0.2) is 0 Å². The number of carbonyl (C=O) groups excluding carboxylic acids is 2. The van der Waals surface area contributed by atoms with Gasteiger partial charge in [0, 0.05) is 12.2 Å². The second kappa shape index (κ2) is 5.40. The summed E-state index contributed by atoms with van der Waals surface area (Å²) >= 11 is 0. The smallest absolute Gasteiger partial charge is 0.313 e. The molecule has 3 N–H and O–H groups in total. The average molecular weight is 262 g/mol. The van der Waals surface area contributed by atoms with Crippen molar-refractivity contribution < 1.29 is 14.7 Å². The molecule has 5 heteroatoms. The molecule has 1 saturated carbocycles. The van der Waals surface area contributed by atoms with Gasteiger partial charge in [-0.2, -0.15) is 0 Å². The zero-order valence-electron chi connectivity index (χ0n) is 10.9. The number of aliphatic hydroxyl groups is 1. The molecule has 0 aliphatic heterocycles. The molecule has 0 bridgehead atoms. The van der Waals surface area contributed by atoms with Crippen LogP contribution in [0.25, 0.3) is 0 Å². The van der Waals surface area contributed by atoms with E-state index < -0.39 is 17.4 Å². The van der Waals surface area contributed by atoms with E-state index in [1.165, 1.54) is 0 Å². The lowest BCUT2D eigenvalue weighted by molar-refractivity contribution is -0.137. The predicted octanol–water partition coefficient (Wildman–Crippen LogP) is 0.965. The summed E-state index contributed by atoms with van der Waals surface area (Å²) in [5.41, 5.74) is 0.767. The summed E-state index contributed by atoms with van der Waals surface area (Å²) in [7, 11) is 0. The molecule has 0 aromatic heterocycles. The molecular formula is C14H18N2O3. The minimum atomic E-state index is -0.820. The Balaban J connectivity index is 1.84. The van der Waals surface area contributed by atoms with Gasteiger partial charge in [0.1, 0.15) is 0 Å². The lowest BCUT2D eigenvalue weighted by atomic mass is 9.80. The Hall–Kier alpha value is -1.88. The van der Waals surface area contributed by atoms with E-state index in [2.05, 4.69) is 10.6 Å². The first-order valence-electron chi connectivity index (χ1n) is 6.37. The third kappa shape index (κ3) is 3.54. The molecule has 2 amide bonds. The van der Waals surface area contributed by atoms with Crippen molar-refractivity contribution in [3.8, 4) is 0 Å². The number of anilines is 1. The number of hydrogen-bond acceptors (Lipinski definition) is 3. The number of nitrogens with one attached hydrogen (secondary N) is 2. The highest BCUT2D eigenvalue weighted by Crippen LogP contribution is 2.30. The molecule has 1 aliphatic rings. The van der Waals surface area contributed by atoms with E-state index in [-0.39, 0.29) is 6.54 Å². The van der Waals surface area contributed by atoms with Gasteiger partial charge in [0.25, 0.3) is 0 Å². The van der Waals surface area contributed by atoms with Gasteiger partial charge in [-0.05, 0) is 43.9 Å². The molecule has 0 atom stereocenters. The number of carbonyl (C=O) groups is 2. The Morgan fingerprint density at radius 3 is 2.63 bits per heavy atom. The quantitative estimate of drug-likeness (QED) is 0.710. The normalized spacial score (nSPS) is 16.3. The van der Waals surface area contributed by atoms with Gasteiger partial charge in [0.2, 0.25) is 0 Å². The summed E-state index contributed by atoms with van der Waals surface area (Å²) < 4.78 is 0. The van der Waals surface area contributed by atoms with E-state index in [1.54, 1.807) is 18.2 Å². The van der Waals surface area contributed by atoms with Gasteiger partial charge in [0.05, 0.1) is 5.60 Å². The van der Waals surface area contributed by atoms with Crippen molar-refractivity contribution in [1.82, 2.24) is 5.32 Å². The number of aryl methyl sites for hydroxylation is 1. The summed E-state index contributed by atoms with van der Waals surface area (Å²) in [4.78, 5) is 23.2. The summed E-state index contributed by atoms with van der Waals surface area (Å²) in [5, 5.41) is 14.8. The van der Waals surface area contributed by atoms with Crippen molar-refractivity contribution >= 4 is 17.5 Å². The van der Waals surface area contributed by atoms with Crippen molar-refractivity contribution in [2.45, 2.75) is 31.8 Å². The van der Waals surface area contributed by atoms with Crippen molar-refractivity contribution in [2.24, 2.45) is 0 Å². The third-order valence-electron chi connectivity index (χ3n) is 3.34. The standard InChI is InChI=1S/C14H18N2O3/c1-10-4-2-5-11(8-10)16-13(18)12(17)15-9-14(19)6-3-7-14/h2,4-5,8,19H,3,6-7,9H2,1H3,(H,15,17)(H,16,18). The summed E-state index contributed by atoms with van der Waals surface area (Å²) in [6.45, 7) is 2.04. The van der Waals surface area contributed by atoms with Crippen LogP contribution in [0, 0.1) is 6.92 Å². The zero-order chi connectivity index (χ0) is 13.9. The molecule has 5 nitrogen and oxygen atoms in total. The van der Waals surface area contributed by atoms with Crippen LogP contribution in [0.5, 0.6) is 0 Å². The van der Waals surface area contributed by atoms with Gasteiger partial charge in [-0.25, -0.2) is 0 Å². The highest BCUT2D eigenvalue weighted by molar-refractivity contribution is 6.39. The fourth-order valence-corrected chi connectivity index (χ4v) is 2.00. The molecule has 1 aliphatic carbocycles. The number of hydrogen-bond donors (Lipinski definition) is 3. The lowest BCUT2D eigenvalue weighted by Gasteiger charge is -2.36. The molecule has 2 rings (SSSR count). The van der Waals surface area contributed by atoms with E-state index in [1.807, 2.05) is 13.0 Å². The van der Waals surface area contributed by atoms with Crippen LogP contribution in [0.1, 0.15) is 24.8 Å². The molecule has 1 fully saturated rings. The van der Waals surface area contributed by atoms with E-state index in [4.69, 9.17) is 0 Å². The molecule has 1 aromatic carbocycles. The largest absolute Gasteiger partial charge is 0.388 e. The van der Waals surface area contributed by atoms with Crippen LogP contribution < -0.4 is 10.6 Å². The Kier molecular flexibility index (Phi) is 3.85. The molecule has 0 saturated heterocycles. The zero-order valence-corrected chi connectivity index (χ0v) is 10.9. The van der Waals surface area contributed by atoms with Gasteiger partial charge in [-0.3, -0.25) is 9.59 Å².